The fraction of sp³-hybridized carbons (Fsp3) is 0.400. The molecule has 0 amide bonds. The minimum Gasteiger partial charge on any atom is -0.381 e. The summed E-state index contributed by atoms with van der Waals surface area (Å²) in [5.74, 6) is 0.474. The lowest BCUT2D eigenvalue weighted by Crippen LogP contribution is -2.02. The molecular formula is C15H20ClN3OS. The summed E-state index contributed by atoms with van der Waals surface area (Å²) in [6.07, 6.45) is 4.63. The Morgan fingerprint density at radius 3 is 2.81 bits per heavy atom. The van der Waals surface area contributed by atoms with E-state index in [2.05, 4.69) is 17.3 Å². The number of hydrogen-bond donors (Lipinski definition) is 1. The third-order valence-corrected chi connectivity index (χ3v) is 4.30. The van der Waals surface area contributed by atoms with Crippen LogP contribution in [0.1, 0.15) is 23.7 Å². The van der Waals surface area contributed by atoms with Crippen LogP contribution >= 0.6 is 11.6 Å². The first-order valence-corrected chi connectivity index (χ1v) is 8.93. The topological polar surface area (TPSA) is 46.9 Å². The maximum absolute atomic E-state index is 11.4. The molecular weight excluding hydrogens is 306 g/mol. The van der Waals surface area contributed by atoms with E-state index < -0.39 is 10.8 Å². The van der Waals surface area contributed by atoms with Gasteiger partial charge in [-0.25, -0.2) is 0 Å². The zero-order valence-electron chi connectivity index (χ0n) is 12.5. The van der Waals surface area contributed by atoms with Crippen molar-refractivity contribution in [3.63, 3.8) is 0 Å². The van der Waals surface area contributed by atoms with Gasteiger partial charge in [-0.3, -0.25) is 8.89 Å². The predicted molar refractivity (Wildman–Crippen MR) is 89.1 cm³/mol. The van der Waals surface area contributed by atoms with Crippen molar-refractivity contribution in [3.8, 4) is 0 Å². The van der Waals surface area contributed by atoms with E-state index in [-0.39, 0.29) is 0 Å². The van der Waals surface area contributed by atoms with Gasteiger partial charge in [0.05, 0.1) is 5.69 Å². The molecule has 1 aromatic heterocycles. The van der Waals surface area contributed by atoms with Crippen LogP contribution < -0.4 is 5.32 Å². The molecule has 1 N–H and O–H groups in total. The molecule has 2 aromatic rings. The van der Waals surface area contributed by atoms with E-state index in [0.29, 0.717) is 17.3 Å². The number of nitrogens with one attached hydrogen (secondary N) is 1. The van der Waals surface area contributed by atoms with Crippen LogP contribution in [0.3, 0.4) is 0 Å². The third-order valence-electron chi connectivity index (χ3n) is 3.21. The zero-order chi connectivity index (χ0) is 15.4. The Hall–Kier alpha value is -1.33. The minimum atomic E-state index is -0.902. The van der Waals surface area contributed by atoms with Gasteiger partial charge in [0.1, 0.15) is 0 Å². The first-order chi connectivity index (χ1) is 9.99. The smallest absolute Gasteiger partial charge is 0.0671 e. The van der Waals surface area contributed by atoms with Crippen molar-refractivity contribution in [2.45, 2.75) is 25.6 Å². The Morgan fingerprint density at radius 1 is 1.38 bits per heavy atom. The van der Waals surface area contributed by atoms with Gasteiger partial charge in [-0.2, -0.15) is 5.10 Å². The summed E-state index contributed by atoms with van der Waals surface area (Å²) < 4.78 is 13.2. The van der Waals surface area contributed by atoms with E-state index in [0.717, 1.165) is 23.4 Å². The first-order valence-electron chi connectivity index (χ1n) is 6.83. The van der Waals surface area contributed by atoms with Crippen molar-refractivity contribution in [2.75, 3.05) is 11.6 Å². The molecule has 6 heteroatoms. The normalized spacial score (nSPS) is 12.4. The Kier molecular flexibility index (Phi) is 5.42. The SMILES string of the molecule is CCc1nn(C)cc1CNc1ccc(Cl)c(CS(C)=O)c1. The molecule has 1 heterocycles. The molecule has 0 fully saturated rings. The van der Waals surface area contributed by atoms with Crippen LogP contribution in [-0.2, 0) is 36.6 Å². The van der Waals surface area contributed by atoms with Crippen molar-refractivity contribution in [1.82, 2.24) is 9.78 Å². The molecule has 0 spiro atoms. The summed E-state index contributed by atoms with van der Waals surface area (Å²) in [5, 5.41) is 8.47. The lowest BCUT2D eigenvalue weighted by molar-refractivity contribution is 0.686. The van der Waals surface area contributed by atoms with Crippen LogP contribution in [0.25, 0.3) is 0 Å². The van der Waals surface area contributed by atoms with Gasteiger partial charge in [-0.15, -0.1) is 0 Å². The summed E-state index contributed by atoms with van der Waals surface area (Å²) in [6.45, 7) is 2.82. The maximum atomic E-state index is 11.4. The summed E-state index contributed by atoms with van der Waals surface area (Å²) in [6, 6.07) is 5.74. The van der Waals surface area contributed by atoms with Gasteiger partial charge in [-0.05, 0) is 30.2 Å². The molecule has 0 aliphatic carbocycles. The average Bonchev–Trinajstić information content (AvgIpc) is 2.79. The second-order valence-corrected chi connectivity index (χ2v) is 6.85. The molecule has 21 heavy (non-hydrogen) atoms. The van der Waals surface area contributed by atoms with Gasteiger partial charge in [0.25, 0.3) is 0 Å². The van der Waals surface area contributed by atoms with Crippen molar-refractivity contribution >= 4 is 28.1 Å². The molecule has 1 atom stereocenters. The van der Waals surface area contributed by atoms with Crippen LogP contribution in [0.5, 0.6) is 0 Å². The first kappa shape index (κ1) is 16.0. The lowest BCUT2D eigenvalue weighted by atomic mass is 10.2. The fourth-order valence-corrected chi connectivity index (χ4v) is 3.18. The van der Waals surface area contributed by atoms with Crippen LogP contribution in [0.4, 0.5) is 5.69 Å². The highest BCUT2D eigenvalue weighted by Gasteiger charge is 2.07. The zero-order valence-corrected chi connectivity index (χ0v) is 14.1. The Bertz CT molecular complexity index is 654. The number of halogens is 1. The summed E-state index contributed by atoms with van der Waals surface area (Å²) in [4.78, 5) is 0. The number of aryl methyl sites for hydroxylation is 2. The quantitative estimate of drug-likeness (QED) is 0.887. The molecule has 0 aliphatic heterocycles. The number of benzene rings is 1. The Labute approximate surface area is 133 Å². The Morgan fingerprint density at radius 2 is 2.14 bits per heavy atom. The molecule has 114 valence electrons. The number of nitrogens with zero attached hydrogens (tertiary/aromatic N) is 2. The van der Waals surface area contributed by atoms with Crippen LogP contribution in [0, 0.1) is 0 Å². The average molecular weight is 326 g/mol. The monoisotopic (exact) mass is 325 g/mol. The maximum Gasteiger partial charge on any atom is 0.0671 e. The molecule has 0 saturated carbocycles. The number of aromatic nitrogens is 2. The molecule has 1 aromatic carbocycles. The molecule has 4 nitrogen and oxygen atoms in total. The van der Waals surface area contributed by atoms with Crippen LogP contribution in [0.2, 0.25) is 5.02 Å². The summed E-state index contributed by atoms with van der Waals surface area (Å²) in [7, 11) is 1.03. The molecule has 2 rings (SSSR count). The van der Waals surface area contributed by atoms with E-state index in [4.69, 9.17) is 11.6 Å². The largest absolute Gasteiger partial charge is 0.381 e. The number of anilines is 1. The summed E-state index contributed by atoms with van der Waals surface area (Å²) in [5.41, 5.74) is 4.18. The van der Waals surface area contributed by atoms with Gasteiger partial charge < -0.3 is 5.32 Å². The van der Waals surface area contributed by atoms with Crippen molar-refractivity contribution in [2.24, 2.45) is 7.05 Å². The van der Waals surface area contributed by atoms with Gasteiger partial charge in [0.2, 0.25) is 0 Å². The van der Waals surface area contributed by atoms with Crippen molar-refractivity contribution < 1.29 is 4.21 Å². The second-order valence-electron chi connectivity index (χ2n) is 5.01. The van der Waals surface area contributed by atoms with Crippen molar-refractivity contribution in [1.29, 1.82) is 0 Å². The van der Waals surface area contributed by atoms with Gasteiger partial charge in [0, 0.05) is 58.9 Å². The molecule has 1 unspecified atom stereocenters. The second kappa shape index (κ2) is 7.09. The van der Waals surface area contributed by atoms with Gasteiger partial charge >= 0.3 is 0 Å². The lowest BCUT2D eigenvalue weighted by Gasteiger charge is -2.09. The van der Waals surface area contributed by atoms with E-state index >= 15 is 0 Å². The van der Waals surface area contributed by atoms with Gasteiger partial charge in [0.15, 0.2) is 0 Å². The Balaban J connectivity index is 2.11. The predicted octanol–water partition coefficient (Wildman–Crippen LogP) is 3.13. The summed E-state index contributed by atoms with van der Waals surface area (Å²) >= 11 is 6.13. The highest BCUT2D eigenvalue weighted by atomic mass is 35.5. The number of rotatable bonds is 6. The molecule has 0 radical (unpaired) electrons. The molecule has 0 saturated heterocycles. The van der Waals surface area contributed by atoms with E-state index in [9.17, 15) is 4.21 Å². The fourth-order valence-electron chi connectivity index (χ4n) is 2.24. The highest BCUT2D eigenvalue weighted by Crippen LogP contribution is 2.22. The van der Waals surface area contributed by atoms with E-state index in [1.807, 2.05) is 36.1 Å². The van der Waals surface area contributed by atoms with Crippen molar-refractivity contribution in [3.05, 3.63) is 46.2 Å². The van der Waals surface area contributed by atoms with Crippen LogP contribution in [0.15, 0.2) is 24.4 Å². The van der Waals surface area contributed by atoms with Gasteiger partial charge in [-0.1, -0.05) is 18.5 Å². The van der Waals surface area contributed by atoms with Crippen LogP contribution in [-0.4, -0.2) is 20.2 Å². The molecule has 0 aliphatic rings. The van der Waals surface area contributed by atoms with E-state index in [1.54, 1.807) is 6.26 Å². The number of hydrogen-bond acceptors (Lipinski definition) is 3. The highest BCUT2D eigenvalue weighted by molar-refractivity contribution is 7.83. The minimum absolute atomic E-state index is 0.474. The standard InChI is InChI=1S/C15H20ClN3OS/c1-4-15-12(9-19(2)18-15)8-17-13-5-6-14(16)11(7-13)10-21(3)20/h5-7,9,17H,4,8,10H2,1-3H3. The van der Waals surface area contributed by atoms with E-state index in [1.165, 1.54) is 5.56 Å². The third kappa shape index (κ3) is 4.32. The molecule has 0 bridgehead atoms.